The van der Waals surface area contributed by atoms with Gasteiger partial charge in [0, 0.05) is 6.54 Å². The van der Waals surface area contributed by atoms with Gasteiger partial charge < -0.3 is 10.6 Å². The van der Waals surface area contributed by atoms with E-state index in [0.717, 1.165) is 5.56 Å². The van der Waals surface area contributed by atoms with E-state index in [0.29, 0.717) is 23.6 Å². The van der Waals surface area contributed by atoms with Crippen LogP contribution in [0.5, 0.6) is 0 Å². The number of hydrogen-bond donors (Lipinski definition) is 2. The summed E-state index contributed by atoms with van der Waals surface area (Å²) in [5.74, 6) is 0.171. The molecule has 2 N–H and O–H groups in total. The summed E-state index contributed by atoms with van der Waals surface area (Å²) in [5.41, 5.74) is 3.36. The third-order valence-electron chi connectivity index (χ3n) is 3.77. The molecule has 6 nitrogen and oxygen atoms in total. The highest BCUT2D eigenvalue weighted by atomic mass is 16.1. The van der Waals surface area contributed by atoms with Gasteiger partial charge in [0.25, 0.3) is 5.91 Å². The molecule has 0 aliphatic heterocycles. The Labute approximate surface area is 151 Å². The molecule has 0 aliphatic rings. The first kappa shape index (κ1) is 17.1. The molecule has 1 heterocycles. The van der Waals surface area contributed by atoms with E-state index in [4.69, 9.17) is 5.26 Å². The summed E-state index contributed by atoms with van der Waals surface area (Å²) < 4.78 is 0. The minimum absolute atomic E-state index is 0.179. The van der Waals surface area contributed by atoms with Crippen LogP contribution in [0.1, 0.15) is 27.2 Å². The highest BCUT2D eigenvalue weighted by Crippen LogP contribution is 2.14. The molecule has 0 unspecified atom stereocenters. The maximum Gasteiger partial charge on any atom is 0.275 e. The van der Waals surface area contributed by atoms with E-state index < -0.39 is 5.91 Å². The van der Waals surface area contributed by atoms with E-state index in [9.17, 15) is 4.79 Å². The summed E-state index contributed by atoms with van der Waals surface area (Å²) in [6.07, 6.45) is 2.92. The first-order valence-corrected chi connectivity index (χ1v) is 8.07. The number of benzene rings is 2. The van der Waals surface area contributed by atoms with Crippen molar-refractivity contribution in [1.82, 2.24) is 9.97 Å². The fourth-order valence-corrected chi connectivity index (χ4v) is 2.31. The summed E-state index contributed by atoms with van der Waals surface area (Å²) in [6.45, 7) is 2.66. The van der Waals surface area contributed by atoms with Crippen LogP contribution < -0.4 is 10.6 Å². The van der Waals surface area contributed by atoms with Gasteiger partial charge in [-0.25, -0.2) is 9.97 Å². The number of amides is 1. The van der Waals surface area contributed by atoms with Gasteiger partial charge in [-0.05, 0) is 24.6 Å². The second kappa shape index (κ2) is 7.90. The molecule has 26 heavy (non-hydrogen) atoms. The van der Waals surface area contributed by atoms with Gasteiger partial charge in [0.2, 0.25) is 0 Å². The Morgan fingerprint density at radius 2 is 1.85 bits per heavy atom. The number of aryl methyl sites for hydroxylation is 1. The number of nitriles is 1. The lowest BCUT2D eigenvalue weighted by molar-refractivity contribution is 0.102. The molecule has 3 rings (SSSR count). The normalized spacial score (nSPS) is 10.0. The van der Waals surface area contributed by atoms with E-state index in [1.54, 1.807) is 24.3 Å². The van der Waals surface area contributed by atoms with Gasteiger partial charge in [-0.1, -0.05) is 42.0 Å². The van der Waals surface area contributed by atoms with Crippen molar-refractivity contribution in [2.75, 3.05) is 10.6 Å². The zero-order valence-electron chi connectivity index (χ0n) is 14.2. The largest absolute Gasteiger partial charge is 0.365 e. The first-order chi connectivity index (χ1) is 12.7. The van der Waals surface area contributed by atoms with Gasteiger partial charge in [-0.2, -0.15) is 5.26 Å². The lowest BCUT2D eigenvalue weighted by Crippen LogP contribution is -2.15. The average molecular weight is 343 g/mol. The van der Waals surface area contributed by atoms with Crippen molar-refractivity contribution < 1.29 is 4.79 Å². The summed E-state index contributed by atoms with van der Waals surface area (Å²) in [7, 11) is 0. The highest BCUT2D eigenvalue weighted by molar-refractivity contribution is 6.03. The number of rotatable bonds is 5. The maximum absolute atomic E-state index is 12.3. The molecule has 1 amide bonds. The number of nitrogens with one attached hydrogen (secondary N) is 2. The molecule has 0 aliphatic carbocycles. The molecular formula is C20H17N5O. The number of aromatic nitrogens is 2. The summed E-state index contributed by atoms with van der Waals surface area (Å²) >= 11 is 0. The Morgan fingerprint density at radius 3 is 2.54 bits per heavy atom. The summed E-state index contributed by atoms with van der Waals surface area (Å²) in [6, 6.07) is 17.0. The maximum atomic E-state index is 12.3. The molecule has 0 bridgehead atoms. The van der Waals surface area contributed by atoms with Crippen LogP contribution in [0.3, 0.4) is 0 Å². The second-order valence-electron chi connectivity index (χ2n) is 5.74. The highest BCUT2D eigenvalue weighted by Gasteiger charge is 2.10. The Hall–Kier alpha value is -3.72. The number of para-hydroxylation sites is 1. The van der Waals surface area contributed by atoms with Gasteiger partial charge in [-0.15, -0.1) is 0 Å². The van der Waals surface area contributed by atoms with Gasteiger partial charge in [0.05, 0.1) is 23.6 Å². The van der Waals surface area contributed by atoms with Crippen molar-refractivity contribution in [3.8, 4) is 6.07 Å². The number of anilines is 2. The lowest BCUT2D eigenvalue weighted by atomic mass is 10.1. The van der Waals surface area contributed by atoms with Crippen molar-refractivity contribution in [3.63, 3.8) is 0 Å². The summed E-state index contributed by atoms with van der Waals surface area (Å²) in [5, 5.41) is 14.9. The van der Waals surface area contributed by atoms with Gasteiger partial charge >= 0.3 is 0 Å². The first-order valence-electron chi connectivity index (χ1n) is 8.07. The molecule has 0 saturated carbocycles. The second-order valence-corrected chi connectivity index (χ2v) is 5.74. The minimum atomic E-state index is -0.412. The van der Waals surface area contributed by atoms with Gasteiger partial charge in [0.1, 0.15) is 17.6 Å². The monoisotopic (exact) mass is 343 g/mol. The van der Waals surface area contributed by atoms with Crippen LogP contribution in [0.2, 0.25) is 0 Å². The van der Waals surface area contributed by atoms with Crippen LogP contribution in [0, 0.1) is 18.3 Å². The standard InChI is InChI=1S/C20H17N5O/c1-14-6-8-15(9-7-14)11-23-19-13-22-18(12-24-19)20(26)25-17-5-3-2-4-16(17)10-21/h2-9,12-13H,11H2,1H3,(H,23,24)(H,25,26). The summed E-state index contributed by atoms with van der Waals surface area (Å²) in [4.78, 5) is 20.6. The van der Waals surface area contributed by atoms with Crippen molar-refractivity contribution in [2.45, 2.75) is 13.5 Å². The number of hydrogen-bond acceptors (Lipinski definition) is 5. The number of carbonyl (C=O) groups is 1. The van der Waals surface area contributed by atoms with Crippen LogP contribution >= 0.6 is 0 Å². The number of nitrogens with zero attached hydrogens (tertiary/aromatic N) is 3. The van der Waals surface area contributed by atoms with E-state index in [1.165, 1.54) is 18.0 Å². The van der Waals surface area contributed by atoms with Crippen molar-refractivity contribution in [2.24, 2.45) is 0 Å². The van der Waals surface area contributed by atoms with Gasteiger partial charge in [-0.3, -0.25) is 4.79 Å². The smallest absolute Gasteiger partial charge is 0.275 e. The van der Waals surface area contributed by atoms with Crippen molar-refractivity contribution in [3.05, 3.63) is 83.3 Å². The molecule has 0 atom stereocenters. The molecule has 128 valence electrons. The fourth-order valence-electron chi connectivity index (χ4n) is 2.31. The Bertz CT molecular complexity index is 943. The Morgan fingerprint density at radius 1 is 1.08 bits per heavy atom. The van der Waals surface area contributed by atoms with Crippen LogP contribution in [-0.4, -0.2) is 15.9 Å². The lowest BCUT2D eigenvalue weighted by Gasteiger charge is -2.08. The molecule has 0 spiro atoms. The van der Waals surface area contributed by atoms with Crippen LogP contribution in [0.15, 0.2) is 60.9 Å². The zero-order valence-corrected chi connectivity index (χ0v) is 14.2. The van der Waals surface area contributed by atoms with Crippen LogP contribution in [-0.2, 0) is 6.54 Å². The van der Waals surface area contributed by atoms with E-state index in [-0.39, 0.29) is 5.69 Å². The minimum Gasteiger partial charge on any atom is -0.365 e. The predicted molar refractivity (Wildman–Crippen MR) is 99.6 cm³/mol. The molecular weight excluding hydrogens is 326 g/mol. The molecule has 6 heteroatoms. The SMILES string of the molecule is Cc1ccc(CNc2cnc(C(=O)Nc3ccccc3C#N)cn2)cc1. The Balaban J connectivity index is 1.62. The third-order valence-corrected chi connectivity index (χ3v) is 3.77. The van der Waals surface area contributed by atoms with Crippen molar-refractivity contribution in [1.29, 1.82) is 5.26 Å². The molecule has 2 aromatic carbocycles. The van der Waals surface area contributed by atoms with Crippen LogP contribution in [0.4, 0.5) is 11.5 Å². The van der Waals surface area contributed by atoms with Crippen molar-refractivity contribution >= 4 is 17.4 Å². The van der Waals surface area contributed by atoms with Crippen LogP contribution in [0.25, 0.3) is 0 Å². The van der Waals surface area contributed by atoms with Gasteiger partial charge in [0.15, 0.2) is 0 Å². The molecule has 1 aromatic heterocycles. The zero-order chi connectivity index (χ0) is 18.4. The average Bonchev–Trinajstić information content (AvgIpc) is 2.68. The quantitative estimate of drug-likeness (QED) is 0.739. The van der Waals surface area contributed by atoms with E-state index in [1.807, 2.05) is 25.1 Å². The fraction of sp³-hybridized carbons (Fsp3) is 0.100. The predicted octanol–water partition coefficient (Wildman–Crippen LogP) is 3.52. The third kappa shape index (κ3) is 4.22. The molecule has 0 radical (unpaired) electrons. The number of carbonyl (C=O) groups excluding carboxylic acids is 1. The van der Waals surface area contributed by atoms with E-state index >= 15 is 0 Å². The van der Waals surface area contributed by atoms with E-state index in [2.05, 4.69) is 32.7 Å². The molecule has 3 aromatic rings. The molecule has 0 saturated heterocycles. The Kier molecular flexibility index (Phi) is 5.20. The topological polar surface area (TPSA) is 90.7 Å². The molecule has 0 fully saturated rings.